The molecule has 0 bridgehead atoms. The molecular weight excluding hydrogens is 258 g/mol. The molecule has 3 nitrogen and oxygen atoms in total. The van der Waals surface area contributed by atoms with Crippen molar-refractivity contribution in [3.63, 3.8) is 0 Å². The van der Waals surface area contributed by atoms with Crippen LogP contribution in [-0.4, -0.2) is 21.9 Å². The molecule has 0 aliphatic heterocycles. The van der Waals surface area contributed by atoms with Crippen LogP contribution in [0.25, 0.3) is 0 Å². The maximum atomic E-state index is 11.8. The molecular formula is C11H16BrNO2. The van der Waals surface area contributed by atoms with Crippen molar-refractivity contribution in [1.29, 1.82) is 0 Å². The number of halogens is 1. The molecule has 1 rings (SSSR count). The number of esters is 1. The zero-order valence-corrected chi connectivity index (χ0v) is 10.8. The van der Waals surface area contributed by atoms with Crippen molar-refractivity contribution < 1.29 is 9.53 Å². The SMILES string of the molecule is CC(C)(C)OC(=O)C(CBr)c1ccc[nH]1. The van der Waals surface area contributed by atoms with E-state index in [1.165, 1.54) is 0 Å². The molecule has 15 heavy (non-hydrogen) atoms. The number of alkyl halides is 1. The van der Waals surface area contributed by atoms with E-state index in [1.807, 2.05) is 32.9 Å². The lowest BCUT2D eigenvalue weighted by Gasteiger charge is -2.22. The zero-order valence-electron chi connectivity index (χ0n) is 9.21. The summed E-state index contributed by atoms with van der Waals surface area (Å²) in [7, 11) is 0. The minimum absolute atomic E-state index is 0.207. The van der Waals surface area contributed by atoms with E-state index in [4.69, 9.17) is 4.74 Å². The number of aromatic nitrogens is 1. The first-order valence-electron chi connectivity index (χ1n) is 4.86. The van der Waals surface area contributed by atoms with E-state index in [2.05, 4.69) is 20.9 Å². The van der Waals surface area contributed by atoms with Crippen LogP contribution in [-0.2, 0) is 9.53 Å². The normalized spacial score (nSPS) is 13.6. The molecule has 84 valence electrons. The summed E-state index contributed by atoms with van der Waals surface area (Å²) in [5, 5.41) is 0.558. The average Bonchev–Trinajstić information content (AvgIpc) is 2.54. The predicted molar refractivity (Wildman–Crippen MR) is 63.2 cm³/mol. The molecule has 4 heteroatoms. The Kier molecular flexibility index (Phi) is 3.97. The van der Waals surface area contributed by atoms with E-state index >= 15 is 0 Å². The highest BCUT2D eigenvalue weighted by Crippen LogP contribution is 2.21. The molecule has 1 unspecified atom stereocenters. The number of H-pyrrole nitrogens is 1. The number of carbonyl (C=O) groups excluding carboxylic acids is 1. The lowest BCUT2D eigenvalue weighted by molar-refractivity contribution is -0.156. The molecule has 0 aliphatic rings. The summed E-state index contributed by atoms with van der Waals surface area (Å²) in [6.07, 6.45) is 1.80. The average molecular weight is 274 g/mol. The van der Waals surface area contributed by atoms with Gasteiger partial charge in [-0.15, -0.1) is 0 Å². The number of carbonyl (C=O) groups is 1. The van der Waals surface area contributed by atoms with Crippen molar-refractivity contribution >= 4 is 21.9 Å². The molecule has 1 atom stereocenters. The van der Waals surface area contributed by atoms with Crippen molar-refractivity contribution in [2.75, 3.05) is 5.33 Å². The van der Waals surface area contributed by atoms with Crippen LogP contribution >= 0.6 is 15.9 Å². The second kappa shape index (κ2) is 4.84. The van der Waals surface area contributed by atoms with Gasteiger partial charge in [-0.05, 0) is 32.9 Å². The molecule has 0 amide bonds. The maximum Gasteiger partial charge on any atom is 0.316 e. The van der Waals surface area contributed by atoms with Crippen LogP contribution in [0.1, 0.15) is 32.4 Å². The molecule has 0 aromatic carbocycles. The third-order valence-corrected chi connectivity index (χ3v) is 2.49. The van der Waals surface area contributed by atoms with Crippen LogP contribution in [0.5, 0.6) is 0 Å². The van der Waals surface area contributed by atoms with Crippen LogP contribution in [0.15, 0.2) is 18.3 Å². The van der Waals surface area contributed by atoms with Crippen molar-refractivity contribution in [2.45, 2.75) is 32.3 Å². The van der Waals surface area contributed by atoms with E-state index in [0.29, 0.717) is 5.33 Å². The summed E-state index contributed by atoms with van der Waals surface area (Å²) < 4.78 is 5.33. The van der Waals surface area contributed by atoms with Gasteiger partial charge < -0.3 is 9.72 Å². The second-order valence-electron chi connectivity index (χ2n) is 4.37. The van der Waals surface area contributed by atoms with Crippen LogP contribution in [0.3, 0.4) is 0 Å². The number of nitrogens with one attached hydrogen (secondary N) is 1. The Hall–Kier alpha value is -0.770. The quantitative estimate of drug-likeness (QED) is 0.680. The van der Waals surface area contributed by atoms with E-state index in [9.17, 15) is 4.79 Å². The maximum absolute atomic E-state index is 11.8. The summed E-state index contributed by atoms with van der Waals surface area (Å²) in [5.74, 6) is -0.471. The fourth-order valence-electron chi connectivity index (χ4n) is 1.21. The Bertz CT molecular complexity index is 314. The Labute approximate surface area is 98.3 Å². The van der Waals surface area contributed by atoms with Crippen molar-refractivity contribution in [3.05, 3.63) is 24.0 Å². The molecule has 1 aromatic heterocycles. The largest absolute Gasteiger partial charge is 0.459 e. The van der Waals surface area contributed by atoms with Crippen molar-refractivity contribution in [3.8, 4) is 0 Å². The summed E-state index contributed by atoms with van der Waals surface area (Å²) >= 11 is 3.32. The molecule has 0 saturated heterocycles. The van der Waals surface area contributed by atoms with Crippen molar-refractivity contribution in [2.24, 2.45) is 0 Å². The summed E-state index contributed by atoms with van der Waals surface area (Å²) in [6, 6.07) is 3.76. The third-order valence-electron chi connectivity index (χ3n) is 1.84. The lowest BCUT2D eigenvalue weighted by atomic mass is 10.1. The number of ether oxygens (including phenoxy) is 1. The molecule has 0 fully saturated rings. The number of aromatic amines is 1. The number of rotatable bonds is 3. The van der Waals surface area contributed by atoms with E-state index in [-0.39, 0.29) is 11.9 Å². The number of hydrogen-bond acceptors (Lipinski definition) is 2. The van der Waals surface area contributed by atoms with Gasteiger partial charge in [-0.1, -0.05) is 15.9 Å². The van der Waals surface area contributed by atoms with Gasteiger partial charge in [0.2, 0.25) is 0 Å². The Morgan fingerprint density at radius 3 is 2.67 bits per heavy atom. The van der Waals surface area contributed by atoms with Crippen LogP contribution in [0.2, 0.25) is 0 Å². The highest BCUT2D eigenvalue weighted by atomic mass is 79.9. The smallest absolute Gasteiger partial charge is 0.316 e. The van der Waals surface area contributed by atoms with Gasteiger partial charge in [-0.25, -0.2) is 0 Å². The fourth-order valence-corrected chi connectivity index (χ4v) is 1.82. The third kappa shape index (κ3) is 3.70. The van der Waals surface area contributed by atoms with Crippen molar-refractivity contribution in [1.82, 2.24) is 4.98 Å². The first kappa shape index (κ1) is 12.3. The molecule has 1 aromatic rings. The molecule has 1 heterocycles. The Morgan fingerprint density at radius 2 is 2.27 bits per heavy atom. The van der Waals surface area contributed by atoms with Gasteiger partial charge in [0.15, 0.2) is 0 Å². The molecule has 0 saturated carbocycles. The highest BCUT2D eigenvalue weighted by Gasteiger charge is 2.26. The van der Waals surface area contributed by atoms with Gasteiger partial charge >= 0.3 is 5.97 Å². The van der Waals surface area contributed by atoms with Gasteiger partial charge in [0.1, 0.15) is 11.5 Å². The summed E-state index contributed by atoms with van der Waals surface area (Å²) in [6.45, 7) is 5.60. The lowest BCUT2D eigenvalue weighted by Crippen LogP contribution is -2.28. The highest BCUT2D eigenvalue weighted by molar-refractivity contribution is 9.09. The van der Waals surface area contributed by atoms with E-state index in [0.717, 1.165) is 5.69 Å². The minimum Gasteiger partial charge on any atom is -0.459 e. The van der Waals surface area contributed by atoms with Gasteiger partial charge in [0.25, 0.3) is 0 Å². The Balaban J connectivity index is 2.72. The molecule has 1 N–H and O–H groups in total. The molecule has 0 aliphatic carbocycles. The van der Waals surface area contributed by atoms with Gasteiger partial charge in [0, 0.05) is 17.2 Å². The Morgan fingerprint density at radius 1 is 1.60 bits per heavy atom. The standard InChI is InChI=1S/C11H16BrNO2/c1-11(2,3)15-10(14)8(7-12)9-5-4-6-13-9/h4-6,8,13H,7H2,1-3H3. The second-order valence-corrected chi connectivity index (χ2v) is 5.01. The first-order valence-corrected chi connectivity index (χ1v) is 5.98. The van der Waals surface area contributed by atoms with Crippen LogP contribution in [0, 0.1) is 0 Å². The van der Waals surface area contributed by atoms with E-state index in [1.54, 1.807) is 6.20 Å². The topological polar surface area (TPSA) is 42.1 Å². The molecule has 0 radical (unpaired) electrons. The van der Waals surface area contributed by atoms with Crippen LogP contribution in [0.4, 0.5) is 0 Å². The monoisotopic (exact) mass is 273 g/mol. The fraction of sp³-hybridized carbons (Fsp3) is 0.545. The van der Waals surface area contributed by atoms with Gasteiger partial charge in [-0.3, -0.25) is 4.79 Å². The summed E-state index contributed by atoms with van der Waals surface area (Å²) in [5.41, 5.74) is 0.436. The first-order chi connectivity index (χ1) is 6.94. The number of hydrogen-bond donors (Lipinski definition) is 1. The van der Waals surface area contributed by atoms with Gasteiger partial charge in [0.05, 0.1) is 0 Å². The minimum atomic E-state index is -0.440. The predicted octanol–water partition coefficient (Wildman–Crippen LogP) is 2.83. The zero-order chi connectivity index (χ0) is 11.5. The van der Waals surface area contributed by atoms with Crippen LogP contribution < -0.4 is 0 Å². The molecule has 0 spiro atoms. The van der Waals surface area contributed by atoms with Gasteiger partial charge in [-0.2, -0.15) is 0 Å². The van der Waals surface area contributed by atoms with E-state index < -0.39 is 5.60 Å². The summed E-state index contributed by atoms with van der Waals surface area (Å²) in [4.78, 5) is 14.8.